The van der Waals surface area contributed by atoms with Crippen molar-refractivity contribution in [3.8, 4) is 0 Å². The number of aromatic nitrogens is 3. The van der Waals surface area contributed by atoms with Gasteiger partial charge in [0.05, 0.1) is 13.1 Å². The van der Waals surface area contributed by atoms with Crippen LogP contribution in [0.5, 0.6) is 0 Å². The van der Waals surface area contributed by atoms with E-state index in [-0.39, 0.29) is 0 Å². The van der Waals surface area contributed by atoms with E-state index in [1.54, 1.807) is 0 Å². The summed E-state index contributed by atoms with van der Waals surface area (Å²) in [5.41, 5.74) is 0.799. The molecule has 2 rings (SSSR count). The Bertz CT molecular complexity index is 491. The average Bonchev–Trinajstić information content (AvgIpc) is 2.93. The van der Waals surface area contributed by atoms with E-state index in [4.69, 9.17) is 8.94 Å². The summed E-state index contributed by atoms with van der Waals surface area (Å²) in [4.78, 5) is 0. The lowest BCUT2D eigenvalue weighted by molar-refractivity contribution is 0.391. The summed E-state index contributed by atoms with van der Waals surface area (Å²) >= 11 is 0. The Morgan fingerprint density at radius 1 is 1.28 bits per heavy atom. The Morgan fingerprint density at radius 2 is 2.11 bits per heavy atom. The van der Waals surface area contributed by atoms with Gasteiger partial charge in [-0.25, -0.2) is 0 Å². The molecule has 0 unspecified atom stereocenters. The van der Waals surface area contributed by atoms with E-state index < -0.39 is 0 Å². The third kappa shape index (κ3) is 3.56. The number of anilines is 1. The first kappa shape index (κ1) is 12.6. The van der Waals surface area contributed by atoms with Crippen LogP contribution in [0.3, 0.4) is 0 Å². The molecule has 18 heavy (non-hydrogen) atoms. The van der Waals surface area contributed by atoms with Crippen LogP contribution in [0.15, 0.2) is 15.0 Å². The second kappa shape index (κ2) is 5.63. The van der Waals surface area contributed by atoms with Crippen LogP contribution in [-0.4, -0.2) is 21.4 Å². The number of hydrogen-bond acceptors (Lipinski definition) is 7. The molecule has 0 aliphatic carbocycles. The highest BCUT2D eigenvalue weighted by Crippen LogP contribution is 2.08. The van der Waals surface area contributed by atoms with Crippen LogP contribution < -0.4 is 10.6 Å². The molecule has 0 aliphatic rings. The molecule has 2 heterocycles. The Hall–Kier alpha value is -1.89. The van der Waals surface area contributed by atoms with Crippen molar-refractivity contribution in [3.63, 3.8) is 0 Å². The molecule has 2 aromatic rings. The van der Waals surface area contributed by atoms with Gasteiger partial charge in [-0.3, -0.25) is 0 Å². The van der Waals surface area contributed by atoms with Gasteiger partial charge in [-0.1, -0.05) is 24.1 Å². The quantitative estimate of drug-likeness (QED) is 0.803. The van der Waals surface area contributed by atoms with E-state index in [9.17, 15) is 0 Å². The van der Waals surface area contributed by atoms with Gasteiger partial charge in [0, 0.05) is 12.1 Å². The lowest BCUT2D eigenvalue weighted by atomic mass is 10.4. The summed E-state index contributed by atoms with van der Waals surface area (Å²) < 4.78 is 10.4. The van der Waals surface area contributed by atoms with Crippen molar-refractivity contribution in [1.29, 1.82) is 0 Å². The highest BCUT2D eigenvalue weighted by molar-refractivity contribution is 5.19. The fourth-order valence-electron chi connectivity index (χ4n) is 1.36. The van der Waals surface area contributed by atoms with E-state index in [2.05, 4.69) is 39.8 Å². The SMILES string of the molecule is Cc1cc(CNc2nnc(CNC(C)C)o2)no1. The highest BCUT2D eigenvalue weighted by atomic mass is 16.5. The molecule has 7 heteroatoms. The molecule has 0 spiro atoms. The van der Waals surface area contributed by atoms with Gasteiger partial charge in [-0.05, 0) is 6.92 Å². The lowest BCUT2D eigenvalue weighted by Crippen LogP contribution is -2.21. The van der Waals surface area contributed by atoms with Gasteiger partial charge in [0.15, 0.2) is 0 Å². The van der Waals surface area contributed by atoms with Crippen molar-refractivity contribution in [3.05, 3.63) is 23.4 Å². The maximum Gasteiger partial charge on any atom is 0.315 e. The number of nitrogens with one attached hydrogen (secondary N) is 2. The molecule has 0 atom stereocenters. The molecule has 98 valence electrons. The summed E-state index contributed by atoms with van der Waals surface area (Å²) in [6, 6.07) is 2.62. The Kier molecular flexibility index (Phi) is 3.93. The zero-order chi connectivity index (χ0) is 13.0. The first-order chi connectivity index (χ1) is 8.63. The summed E-state index contributed by atoms with van der Waals surface area (Å²) in [6.45, 7) is 7.02. The molecule has 0 aromatic carbocycles. The zero-order valence-corrected chi connectivity index (χ0v) is 10.7. The van der Waals surface area contributed by atoms with E-state index >= 15 is 0 Å². The number of aryl methyl sites for hydroxylation is 1. The minimum Gasteiger partial charge on any atom is -0.407 e. The van der Waals surface area contributed by atoms with Gasteiger partial charge in [0.1, 0.15) is 11.5 Å². The molecule has 0 amide bonds. The second-order valence-electron chi connectivity index (χ2n) is 4.32. The largest absolute Gasteiger partial charge is 0.407 e. The van der Waals surface area contributed by atoms with Gasteiger partial charge >= 0.3 is 6.01 Å². The molecule has 0 saturated heterocycles. The molecule has 2 N–H and O–H groups in total. The number of nitrogens with zero attached hydrogens (tertiary/aromatic N) is 3. The molecule has 7 nitrogen and oxygen atoms in total. The molecular weight excluding hydrogens is 234 g/mol. The maximum absolute atomic E-state index is 5.41. The Labute approximate surface area is 105 Å². The first-order valence-electron chi connectivity index (χ1n) is 5.85. The summed E-state index contributed by atoms with van der Waals surface area (Å²) in [7, 11) is 0. The van der Waals surface area contributed by atoms with Gasteiger partial charge in [0.2, 0.25) is 5.89 Å². The van der Waals surface area contributed by atoms with Gasteiger partial charge < -0.3 is 19.6 Å². The van der Waals surface area contributed by atoms with E-state index in [1.807, 2.05) is 13.0 Å². The number of hydrogen-bond donors (Lipinski definition) is 2. The van der Waals surface area contributed by atoms with E-state index in [1.165, 1.54) is 0 Å². The van der Waals surface area contributed by atoms with Crippen molar-refractivity contribution >= 4 is 6.01 Å². The van der Waals surface area contributed by atoms with Crippen molar-refractivity contribution < 1.29 is 8.94 Å². The predicted octanol–water partition coefficient (Wildman–Crippen LogP) is 1.48. The van der Waals surface area contributed by atoms with E-state index in [0.717, 1.165) is 11.5 Å². The van der Waals surface area contributed by atoms with Crippen molar-refractivity contribution in [2.75, 3.05) is 5.32 Å². The monoisotopic (exact) mass is 251 g/mol. The fraction of sp³-hybridized carbons (Fsp3) is 0.545. The first-order valence-corrected chi connectivity index (χ1v) is 5.85. The minimum absolute atomic E-state index is 0.381. The Morgan fingerprint density at radius 3 is 2.78 bits per heavy atom. The smallest absolute Gasteiger partial charge is 0.315 e. The van der Waals surface area contributed by atoms with Crippen LogP contribution in [0.2, 0.25) is 0 Å². The summed E-state index contributed by atoms with van der Waals surface area (Å²) in [5, 5.41) is 17.9. The van der Waals surface area contributed by atoms with Crippen molar-refractivity contribution in [2.45, 2.75) is 39.9 Å². The topological polar surface area (TPSA) is 89.0 Å². The third-order valence-corrected chi connectivity index (χ3v) is 2.23. The predicted molar refractivity (Wildman–Crippen MR) is 64.8 cm³/mol. The Balaban J connectivity index is 1.83. The van der Waals surface area contributed by atoms with Crippen molar-refractivity contribution in [2.24, 2.45) is 0 Å². The standard InChI is InChI=1S/C11H17N5O2/c1-7(2)12-6-10-14-15-11(17-10)13-5-9-4-8(3)18-16-9/h4,7,12H,5-6H2,1-3H3,(H,13,15). The molecule has 0 aliphatic heterocycles. The molecule has 0 radical (unpaired) electrons. The van der Waals surface area contributed by atoms with Crippen LogP contribution >= 0.6 is 0 Å². The van der Waals surface area contributed by atoms with Crippen LogP contribution in [0.1, 0.15) is 31.2 Å². The molecule has 0 fully saturated rings. The molecule has 2 aromatic heterocycles. The zero-order valence-electron chi connectivity index (χ0n) is 10.7. The van der Waals surface area contributed by atoms with Crippen molar-refractivity contribution in [1.82, 2.24) is 20.7 Å². The third-order valence-electron chi connectivity index (χ3n) is 2.23. The van der Waals surface area contributed by atoms with Crippen LogP contribution in [0.4, 0.5) is 6.01 Å². The minimum atomic E-state index is 0.381. The van der Waals surface area contributed by atoms with E-state index in [0.29, 0.717) is 31.0 Å². The summed E-state index contributed by atoms with van der Waals surface area (Å²) in [5.74, 6) is 1.33. The average molecular weight is 251 g/mol. The second-order valence-corrected chi connectivity index (χ2v) is 4.32. The number of rotatable bonds is 6. The van der Waals surface area contributed by atoms with Gasteiger partial charge in [-0.15, -0.1) is 5.10 Å². The fourth-order valence-corrected chi connectivity index (χ4v) is 1.36. The lowest BCUT2D eigenvalue weighted by Gasteiger charge is -2.03. The van der Waals surface area contributed by atoms with Gasteiger partial charge in [-0.2, -0.15) is 0 Å². The van der Waals surface area contributed by atoms with Crippen LogP contribution in [-0.2, 0) is 13.1 Å². The molecule has 0 bridgehead atoms. The van der Waals surface area contributed by atoms with Crippen LogP contribution in [0, 0.1) is 6.92 Å². The molecular formula is C11H17N5O2. The van der Waals surface area contributed by atoms with Gasteiger partial charge in [0.25, 0.3) is 0 Å². The van der Waals surface area contributed by atoms with Crippen LogP contribution in [0.25, 0.3) is 0 Å². The molecule has 0 saturated carbocycles. The highest BCUT2D eigenvalue weighted by Gasteiger charge is 2.07. The maximum atomic E-state index is 5.41. The summed E-state index contributed by atoms with van der Waals surface area (Å²) in [6.07, 6.45) is 0. The normalized spacial score (nSPS) is 11.1.